The zero-order valence-electron chi connectivity index (χ0n) is 10.1. The molecule has 1 aliphatic heterocycles. The number of hydrogen-bond donors (Lipinski definition) is 1. The van der Waals surface area contributed by atoms with Crippen molar-refractivity contribution in [2.45, 2.75) is 13.0 Å². The average molecular weight is 303 g/mol. The Morgan fingerprint density at radius 1 is 1.11 bits per heavy atom. The Labute approximate surface area is 116 Å². The molecule has 0 saturated heterocycles. The molecule has 0 unspecified atom stereocenters. The van der Waals surface area contributed by atoms with Crippen LogP contribution in [0.5, 0.6) is 0 Å². The summed E-state index contributed by atoms with van der Waals surface area (Å²) >= 11 is 3.46. The van der Waals surface area contributed by atoms with Gasteiger partial charge in [0.15, 0.2) is 0 Å². The molecule has 1 heterocycles. The first kappa shape index (κ1) is 11.6. The van der Waals surface area contributed by atoms with E-state index in [1.54, 1.807) is 0 Å². The molecule has 2 N–H and O–H groups in total. The number of fused-ring (bicyclic) bond motifs is 1. The fraction of sp³-hybridized carbons (Fsp3) is 0.200. The first-order valence-electron chi connectivity index (χ1n) is 6.10. The van der Waals surface area contributed by atoms with Gasteiger partial charge in [-0.2, -0.15) is 0 Å². The Balaban J connectivity index is 1.84. The van der Waals surface area contributed by atoms with Gasteiger partial charge in [0.2, 0.25) is 0 Å². The highest BCUT2D eigenvalue weighted by atomic mass is 79.9. The van der Waals surface area contributed by atoms with Crippen LogP contribution in [0.15, 0.2) is 46.9 Å². The molecule has 0 fully saturated rings. The van der Waals surface area contributed by atoms with E-state index in [1.807, 2.05) is 6.07 Å². The van der Waals surface area contributed by atoms with Gasteiger partial charge in [-0.3, -0.25) is 0 Å². The molecule has 3 heteroatoms. The first-order chi connectivity index (χ1) is 8.72. The minimum atomic E-state index is 0.844. The molecule has 2 aromatic rings. The topological polar surface area (TPSA) is 29.3 Å². The molecule has 2 aromatic carbocycles. The lowest BCUT2D eigenvalue weighted by Crippen LogP contribution is -2.19. The number of nitrogens with two attached hydrogens (primary N) is 1. The van der Waals surface area contributed by atoms with Crippen LogP contribution in [-0.2, 0) is 13.0 Å². The van der Waals surface area contributed by atoms with Crippen LogP contribution in [-0.4, -0.2) is 6.54 Å². The molecular formula is C15H15BrN2. The summed E-state index contributed by atoms with van der Waals surface area (Å²) < 4.78 is 1.12. The molecule has 0 saturated carbocycles. The zero-order chi connectivity index (χ0) is 12.5. The number of anilines is 2. The lowest BCUT2D eigenvalue weighted by Gasteiger charge is -2.19. The number of halogens is 1. The van der Waals surface area contributed by atoms with Crippen LogP contribution in [0.25, 0.3) is 0 Å². The molecule has 0 radical (unpaired) electrons. The molecule has 0 spiro atoms. The summed E-state index contributed by atoms with van der Waals surface area (Å²) in [6, 6.07) is 14.7. The maximum absolute atomic E-state index is 5.87. The van der Waals surface area contributed by atoms with Crippen LogP contribution >= 0.6 is 15.9 Å². The van der Waals surface area contributed by atoms with Gasteiger partial charge in [-0.15, -0.1) is 0 Å². The standard InChI is InChI=1S/C15H15BrN2/c16-13-4-1-11(2-5-13)10-18-8-7-12-3-6-14(17)9-15(12)18/h1-6,9H,7-8,10,17H2. The van der Waals surface area contributed by atoms with Crippen molar-refractivity contribution in [3.8, 4) is 0 Å². The summed E-state index contributed by atoms with van der Waals surface area (Å²) in [5, 5.41) is 0. The van der Waals surface area contributed by atoms with Crippen molar-refractivity contribution in [1.82, 2.24) is 0 Å². The average Bonchev–Trinajstić information content (AvgIpc) is 2.75. The second kappa shape index (κ2) is 4.65. The largest absolute Gasteiger partial charge is 0.399 e. The van der Waals surface area contributed by atoms with Crippen molar-refractivity contribution in [1.29, 1.82) is 0 Å². The molecule has 3 rings (SSSR count). The van der Waals surface area contributed by atoms with E-state index in [-0.39, 0.29) is 0 Å². The van der Waals surface area contributed by atoms with Gasteiger partial charge in [-0.25, -0.2) is 0 Å². The molecule has 18 heavy (non-hydrogen) atoms. The fourth-order valence-electron chi connectivity index (χ4n) is 2.44. The fourth-order valence-corrected chi connectivity index (χ4v) is 2.70. The van der Waals surface area contributed by atoms with Crippen LogP contribution in [0.1, 0.15) is 11.1 Å². The predicted molar refractivity (Wildman–Crippen MR) is 79.8 cm³/mol. The molecule has 0 bridgehead atoms. The minimum absolute atomic E-state index is 0.844. The smallest absolute Gasteiger partial charge is 0.0429 e. The lowest BCUT2D eigenvalue weighted by atomic mass is 10.1. The predicted octanol–water partition coefficient (Wildman–Crippen LogP) is 3.59. The van der Waals surface area contributed by atoms with E-state index in [4.69, 9.17) is 5.73 Å². The normalized spacial score (nSPS) is 13.7. The van der Waals surface area contributed by atoms with E-state index in [0.29, 0.717) is 0 Å². The third-order valence-corrected chi connectivity index (χ3v) is 3.92. The quantitative estimate of drug-likeness (QED) is 0.859. The van der Waals surface area contributed by atoms with E-state index in [9.17, 15) is 0 Å². The van der Waals surface area contributed by atoms with E-state index in [1.165, 1.54) is 16.8 Å². The monoisotopic (exact) mass is 302 g/mol. The van der Waals surface area contributed by atoms with Crippen molar-refractivity contribution in [3.63, 3.8) is 0 Å². The van der Waals surface area contributed by atoms with Gasteiger partial charge in [0, 0.05) is 28.9 Å². The van der Waals surface area contributed by atoms with Gasteiger partial charge in [0.05, 0.1) is 0 Å². The lowest BCUT2D eigenvalue weighted by molar-refractivity contribution is 0.836. The molecule has 0 aromatic heterocycles. The Morgan fingerprint density at radius 3 is 2.67 bits per heavy atom. The summed E-state index contributed by atoms with van der Waals surface area (Å²) in [5.74, 6) is 0. The van der Waals surface area contributed by atoms with Gasteiger partial charge in [0.1, 0.15) is 0 Å². The van der Waals surface area contributed by atoms with Crippen molar-refractivity contribution in [2.75, 3.05) is 17.2 Å². The van der Waals surface area contributed by atoms with Crippen molar-refractivity contribution in [3.05, 3.63) is 58.1 Å². The number of benzene rings is 2. The third kappa shape index (κ3) is 2.23. The molecule has 0 atom stereocenters. The highest BCUT2D eigenvalue weighted by Crippen LogP contribution is 2.31. The van der Waals surface area contributed by atoms with Crippen LogP contribution in [0.3, 0.4) is 0 Å². The Kier molecular flexibility index (Phi) is 3.00. The van der Waals surface area contributed by atoms with Gasteiger partial charge >= 0.3 is 0 Å². The van der Waals surface area contributed by atoms with Crippen LogP contribution in [0.4, 0.5) is 11.4 Å². The summed E-state index contributed by atoms with van der Waals surface area (Å²) in [6.45, 7) is 2.03. The second-order valence-electron chi connectivity index (χ2n) is 4.69. The second-order valence-corrected chi connectivity index (χ2v) is 5.60. The number of rotatable bonds is 2. The maximum atomic E-state index is 5.87. The molecule has 0 amide bonds. The van der Waals surface area contributed by atoms with Gasteiger partial charge in [-0.1, -0.05) is 34.1 Å². The van der Waals surface area contributed by atoms with E-state index >= 15 is 0 Å². The molecule has 0 aliphatic carbocycles. The molecule has 92 valence electrons. The summed E-state index contributed by atoms with van der Waals surface area (Å²) in [4.78, 5) is 2.40. The highest BCUT2D eigenvalue weighted by molar-refractivity contribution is 9.10. The number of nitrogens with zero attached hydrogens (tertiary/aromatic N) is 1. The molecular weight excluding hydrogens is 288 g/mol. The SMILES string of the molecule is Nc1ccc2c(c1)N(Cc1ccc(Br)cc1)CC2. The molecule has 2 nitrogen and oxygen atoms in total. The highest BCUT2D eigenvalue weighted by Gasteiger charge is 2.18. The first-order valence-corrected chi connectivity index (χ1v) is 6.89. The van der Waals surface area contributed by atoms with E-state index in [0.717, 1.165) is 29.7 Å². The number of nitrogen functional groups attached to an aromatic ring is 1. The minimum Gasteiger partial charge on any atom is -0.399 e. The van der Waals surface area contributed by atoms with Gasteiger partial charge in [-0.05, 0) is 41.8 Å². The van der Waals surface area contributed by atoms with Crippen LogP contribution in [0.2, 0.25) is 0 Å². The Bertz CT molecular complexity index is 563. The van der Waals surface area contributed by atoms with Gasteiger partial charge in [0.25, 0.3) is 0 Å². The van der Waals surface area contributed by atoms with Crippen molar-refractivity contribution in [2.24, 2.45) is 0 Å². The van der Waals surface area contributed by atoms with Crippen molar-refractivity contribution >= 4 is 27.3 Å². The zero-order valence-corrected chi connectivity index (χ0v) is 11.7. The van der Waals surface area contributed by atoms with E-state index in [2.05, 4.69) is 57.2 Å². The van der Waals surface area contributed by atoms with E-state index < -0.39 is 0 Å². The summed E-state index contributed by atoms with van der Waals surface area (Å²) in [6.07, 6.45) is 1.12. The van der Waals surface area contributed by atoms with Crippen LogP contribution in [0, 0.1) is 0 Å². The Morgan fingerprint density at radius 2 is 1.89 bits per heavy atom. The van der Waals surface area contributed by atoms with Crippen LogP contribution < -0.4 is 10.6 Å². The maximum Gasteiger partial charge on any atom is 0.0429 e. The third-order valence-electron chi connectivity index (χ3n) is 3.39. The van der Waals surface area contributed by atoms with Gasteiger partial charge < -0.3 is 10.6 Å². The number of hydrogen-bond acceptors (Lipinski definition) is 2. The summed E-state index contributed by atoms with van der Waals surface area (Å²) in [7, 11) is 0. The Hall–Kier alpha value is -1.48. The molecule has 1 aliphatic rings. The summed E-state index contributed by atoms with van der Waals surface area (Å²) in [5.41, 5.74) is 10.7. The van der Waals surface area contributed by atoms with Crippen molar-refractivity contribution < 1.29 is 0 Å².